The molecule has 1 N–H and O–H groups in total. The minimum absolute atomic E-state index is 0.185. The summed E-state index contributed by atoms with van der Waals surface area (Å²) in [6, 6.07) is 0. The first-order chi connectivity index (χ1) is 5.99. The smallest absolute Gasteiger partial charge is 0.373 e. The highest BCUT2D eigenvalue weighted by Crippen LogP contribution is 2.00. The van der Waals surface area contributed by atoms with Crippen molar-refractivity contribution < 1.29 is 24.2 Å². The molecule has 0 amide bonds. The number of carboxylic acid groups (broad SMARTS) is 1. The van der Waals surface area contributed by atoms with Gasteiger partial charge in [-0.25, -0.2) is 9.59 Å². The summed E-state index contributed by atoms with van der Waals surface area (Å²) in [5, 5.41) is 8.39. The molecule has 0 fully saturated rings. The number of carbonyl (C=O) groups is 2. The van der Waals surface area contributed by atoms with Crippen LogP contribution in [0.1, 0.15) is 13.8 Å². The number of ether oxygens (including phenoxy) is 2. The third kappa shape index (κ3) is 4.15. The van der Waals surface area contributed by atoms with E-state index in [2.05, 4.69) is 11.3 Å². The number of hydrogen-bond donors (Lipinski definition) is 1. The van der Waals surface area contributed by atoms with Crippen LogP contribution in [-0.4, -0.2) is 29.8 Å². The lowest BCUT2D eigenvalue weighted by Gasteiger charge is -2.09. The van der Waals surface area contributed by atoms with E-state index in [0.29, 0.717) is 0 Å². The first-order valence-corrected chi connectivity index (χ1v) is 3.74. The summed E-state index contributed by atoms with van der Waals surface area (Å²) in [7, 11) is 0. The molecule has 5 heteroatoms. The molecule has 5 nitrogen and oxygen atoms in total. The van der Waals surface area contributed by atoms with Crippen LogP contribution in [0.25, 0.3) is 0 Å². The van der Waals surface area contributed by atoms with Crippen molar-refractivity contribution in [3.05, 3.63) is 12.3 Å². The van der Waals surface area contributed by atoms with E-state index < -0.39 is 18.0 Å². The third-order valence-corrected chi connectivity index (χ3v) is 1.18. The molecule has 1 unspecified atom stereocenters. The highest BCUT2D eigenvalue weighted by Gasteiger charge is 2.18. The van der Waals surface area contributed by atoms with Crippen LogP contribution in [0.3, 0.4) is 0 Å². The Hall–Kier alpha value is -1.52. The Morgan fingerprint density at radius 2 is 2.08 bits per heavy atom. The van der Waals surface area contributed by atoms with Crippen LogP contribution in [0.5, 0.6) is 0 Å². The Kier molecular flexibility index (Phi) is 4.58. The number of esters is 1. The molecule has 0 aliphatic rings. The van der Waals surface area contributed by atoms with Gasteiger partial charge in [0.2, 0.25) is 0 Å². The molecule has 0 rings (SSSR count). The summed E-state index contributed by atoms with van der Waals surface area (Å²) in [6.07, 6.45) is -1.19. The van der Waals surface area contributed by atoms with E-state index >= 15 is 0 Å². The summed E-state index contributed by atoms with van der Waals surface area (Å²) < 4.78 is 9.19. The molecule has 0 aliphatic heterocycles. The van der Waals surface area contributed by atoms with Gasteiger partial charge < -0.3 is 14.6 Å². The van der Waals surface area contributed by atoms with E-state index in [1.165, 1.54) is 6.92 Å². The maximum atomic E-state index is 10.9. The summed E-state index contributed by atoms with van der Waals surface area (Å²) in [6.45, 7) is 6.48. The second-order valence-corrected chi connectivity index (χ2v) is 2.24. The van der Waals surface area contributed by atoms with Crippen LogP contribution in [0.15, 0.2) is 12.3 Å². The lowest BCUT2D eigenvalue weighted by atomic mass is 10.4. The van der Waals surface area contributed by atoms with E-state index in [4.69, 9.17) is 9.84 Å². The summed E-state index contributed by atoms with van der Waals surface area (Å²) in [5.41, 5.74) is 0. The number of aliphatic carboxylic acids is 1. The average molecular weight is 188 g/mol. The molecule has 0 saturated carbocycles. The standard InChI is InChI=1S/C8H12O5/c1-4-12-6(3)8(11)13-5(2)7(9)10/h5H,3-4H2,1-2H3,(H,9,10). The minimum Gasteiger partial charge on any atom is -0.487 e. The number of rotatable bonds is 5. The second kappa shape index (κ2) is 5.18. The van der Waals surface area contributed by atoms with Crippen LogP contribution in [0.4, 0.5) is 0 Å². The Balaban J connectivity index is 4.00. The van der Waals surface area contributed by atoms with Crippen LogP contribution in [0, 0.1) is 0 Å². The molecular formula is C8H12O5. The van der Waals surface area contributed by atoms with Gasteiger partial charge in [0.1, 0.15) is 0 Å². The summed E-state index contributed by atoms with van der Waals surface area (Å²) >= 11 is 0. The molecule has 0 aromatic heterocycles. The molecular weight excluding hydrogens is 176 g/mol. The Bertz CT molecular complexity index is 221. The highest BCUT2D eigenvalue weighted by molar-refractivity contribution is 5.87. The highest BCUT2D eigenvalue weighted by atomic mass is 16.6. The van der Waals surface area contributed by atoms with Gasteiger partial charge in [0.25, 0.3) is 0 Å². The van der Waals surface area contributed by atoms with E-state index in [-0.39, 0.29) is 12.4 Å². The molecule has 74 valence electrons. The first-order valence-electron chi connectivity index (χ1n) is 3.74. The van der Waals surface area contributed by atoms with Crippen molar-refractivity contribution in [3.63, 3.8) is 0 Å². The molecule has 0 aromatic carbocycles. The normalized spacial score (nSPS) is 11.5. The van der Waals surface area contributed by atoms with E-state index in [0.717, 1.165) is 0 Å². The maximum absolute atomic E-state index is 10.9. The SMILES string of the molecule is C=C(OCC)C(=O)OC(C)C(=O)O. The van der Waals surface area contributed by atoms with Gasteiger partial charge in [-0.2, -0.15) is 0 Å². The van der Waals surface area contributed by atoms with E-state index in [1.54, 1.807) is 6.92 Å². The van der Waals surface area contributed by atoms with Crippen molar-refractivity contribution in [2.24, 2.45) is 0 Å². The molecule has 0 radical (unpaired) electrons. The maximum Gasteiger partial charge on any atom is 0.373 e. The third-order valence-electron chi connectivity index (χ3n) is 1.18. The van der Waals surface area contributed by atoms with E-state index in [1.807, 2.05) is 0 Å². The second-order valence-electron chi connectivity index (χ2n) is 2.24. The summed E-state index contributed by atoms with van der Waals surface area (Å²) in [4.78, 5) is 21.2. The van der Waals surface area contributed by atoms with Gasteiger partial charge in [0, 0.05) is 0 Å². The van der Waals surface area contributed by atoms with Gasteiger partial charge >= 0.3 is 11.9 Å². The number of hydrogen-bond acceptors (Lipinski definition) is 4. The van der Waals surface area contributed by atoms with Crippen molar-refractivity contribution in [1.29, 1.82) is 0 Å². The zero-order chi connectivity index (χ0) is 10.4. The molecule has 0 heterocycles. The van der Waals surface area contributed by atoms with Gasteiger partial charge in [-0.3, -0.25) is 0 Å². The fraction of sp³-hybridized carbons (Fsp3) is 0.500. The van der Waals surface area contributed by atoms with Crippen molar-refractivity contribution in [3.8, 4) is 0 Å². The lowest BCUT2D eigenvalue weighted by molar-refractivity contribution is -0.162. The topological polar surface area (TPSA) is 72.8 Å². The fourth-order valence-corrected chi connectivity index (χ4v) is 0.510. The van der Waals surface area contributed by atoms with Crippen LogP contribution in [-0.2, 0) is 19.1 Å². The Labute approximate surface area is 75.9 Å². The molecule has 0 aliphatic carbocycles. The lowest BCUT2D eigenvalue weighted by Crippen LogP contribution is -2.24. The van der Waals surface area contributed by atoms with Crippen LogP contribution >= 0.6 is 0 Å². The number of carboxylic acids is 1. The largest absolute Gasteiger partial charge is 0.487 e. The Morgan fingerprint density at radius 1 is 1.54 bits per heavy atom. The summed E-state index contributed by atoms with van der Waals surface area (Å²) in [5.74, 6) is -2.25. The van der Waals surface area contributed by atoms with Crippen molar-refractivity contribution >= 4 is 11.9 Å². The Morgan fingerprint density at radius 3 is 2.46 bits per heavy atom. The van der Waals surface area contributed by atoms with Crippen LogP contribution < -0.4 is 0 Å². The zero-order valence-electron chi connectivity index (χ0n) is 7.57. The molecule has 0 aromatic rings. The van der Waals surface area contributed by atoms with Gasteiger partial charge in [0.15, 0.2) is 11.9 Å². The van der Waals surface area contributed by atoms with Crippen LogP contribution in [0.2, 0.25) is 0 Å². The molecule has 1 atom stereocenters. The van der Waals surface area contributed by atoms with Crippen molar-refractivity contribution in [2.45, 2.75) is 20.0 Å². The van der Waals surface area contributed by atoms with E-state index in [9.17, 15) is 9.59 Å². The van der Waals surface area contributed by atoms with Crippen molar-refractivity contribution in [2.75, 3.05) is 6.61 Å². The molecule has 0 saturated heterocycles. The first kappa shape index (κ1) is 11.5. The number of carbonyl (C=O) groups excluding carboxylic acids is 1. The van der Waals surface area contributed by atoms with Gasteiger partial charge in [-0.1, -0.05) is 0 Å². The molecule has 0 bridgehead atoms. The van der Waals surface area contributed by atoms with Crippen molar-refractivity contribution in [1.82, 2.24) is 0 Å². The van der Waals surface area contributed by atoms with Gasteiger partial charge in [-0.05, 0) is 20.4 Å². The predicted octanol–water partition coefficient (Wildman–Crippen LogP) is 0.553. The predicted molar refractivity (Wildman–Crippen MR) is 44.0 cm³/mol. The zero-order valence-corrected chi connectivity index (χ0v) is 7.57. The van der Waals surface area contributed by atoms with Gasteiger partial charge in [0.05, 0.1) is 6.61 Å². The fourth-order valence-electron chi connectivity index (χ4n) is 0.510. The monoisotopic (exact) mass is 188 g/mol. The van der Waals surface area contributed by atoms with Gasteiger partial charge in [-0.15, -0.1) is 0 Å². The average Bonchev–Trinajstić information content (AvgIpc) is 2.04. The minimum atomic E-state index is -1.21. The molecule has 0 spiro atoms. The quantitative estimate of drug-likeness (QED) is 0.387. The molecule has 13 heavy (non-hydrogen) atoms.